The van der Waals surface area contributed by atoms with E-state index >= 15 is 0 Å². The molecule has 0 saturated carbocycles. The van der Waals surface area contributed by atoms with Crippen LogP contribution in [0.5, 0.6) is 5.75 Å². The summed E-state index contributed by atoms with van der Waals surface area (Å²) in [5.74, 6) is 0.488. The number of nitrogens with zero attached hydrogens (tertiary/aromatic N) is 3. The Bertz CT molecular complexity index is 952. The minimum Gasteiger partial charge on any atom is -0.617 e. The number of nitrogens with one attached hydrogen (secondary N) is 1. The summed E-state index contributed by atoms with van der Waals surface area (Å²) < 4.78 is 17.5. The maximum absolute atomic E-state index is 13.3. The molecule has 1 fully saturated rings. The topological polar surface area (TPSA) is 88.1 Å². The lowest BCUT2D eigenvalue weighted by atomic mass is 9.96. The predicted molar refractivity (Wildman–Crippen MR) is 125 cm³/mol. The number of hydrogen-bond donors (Lipinski definition) is 2. The highest BCUT2D eigenvalue weighted by molar-refractivity contribution is 5.94. The largest absolute Gasteiger partial charge is 0.617 e. The Kier molecular flexibility index (Phi) is 7.14. The van der Waals surface area contributed by atoms with Crippen molar-refractivity contribution in [1.29, 1.82) is 0 Å². The molecule has 0 spiro atoms. The number of benzene rings is 2. The van der Waals surface area contributed by atoms with E-state index in [4.69, 9.17) is 4.74 Å². The molecule has 0 radical (unpaired) electrons. The minimum absolute atomic E-state index is 0.0709. The third-order valence-electron chi connectivity index (χ3n) is 6.40. The third-order valence-corrected chi connectivity index (χ3v) is 6.40. The lowest BCUT2D eigenvalue weighted by molar-refractivity contribution is 0.0551. The minimum atomic E-state index is -1.01. The summed E-state index contributed by atoms with van der Waals surface area (Å²) in [5.41, 5.74) is 1.27. The van der Waals surface area contributed by atoms with Crippen molar-refractivity contribution in [2.45, 2.75) is 18.9 Å². The van der Waals surface area contributed by atoms with Crippen LogP contribution in [-0.4, -0.2) is 68.6 Å². The standard InChI is InChI=1S/C24H31FN4O4/c1-27-17-29(32,23-5-3-2-4-22(23)27)24(31)26-14-18-10-12-28(13-11-18)15-20(30)16-33-21-8-6-19(25)7-9-21/h2-9,18,20,30H,10-17H2,1H3,(H,26,31). The number of halogens is 1. The number of para-hydroxylation sites is 2. The number of likely N-dealkylation sites (tertiary alicyclic amines) is 1. The third kappa shape index (κ3) is 5.44. The summed E-state index contributed by atoms with van der Waals surface area (Å²) in [4.78, 5) is 16.8. The van der Waals surface area contributed by atoms with Crippen LogP contribution in [0.25, 0.3) is 0 Å². The highest BCUT2D eigenvalue weighted by Crippen LogP contribution is 2.39. The second-order valence-corrected chi connectivity index (χ2v) is 8.92. The number of rotatable bonds is 7. The molecule has 2 heterocycles. The van der Waals surface area contributed by atoms with Crippen molar-refractivity contribution in [3.63, 3.8) is 0 Å². The zero-order valence-corrected chi connectivity index (χ0v) is 18.8. The van der Waals surface area contributed by atoms with Gasteiger partial charge in [-0.2, -0.15) is 0 Å². The van der Waals surface area contributed by atoms with Crippen molar-refractivity contribution >= 4 is 17.4 Å². The molecule has 2 aromatic rings. The molecule has 2 aliphatic rings. The van der Waals surface area contributed by atoms with Gasteiger partial charge in [-0.25, -0.2) is 13.8 Å². The molecule has 2 unspecified atom stereocenters. The fraction of sp³-hybridized carbons (Fsp3) is 0.458. The van der Waals surface area contributed by atoms with Crippen LogP contribution in [-0.2, 0) is 0 Å². The number of β-amino-alcohol motifs (C(OH)–C–C–N with tert-alkyl or cyclic N) is 1. The van der Waals surface area contributed by atoms with E-state index in [1.807, 2.05) is 24.1 Å². The van der Waals surface area contributed by atoms with E-state index in [-0.39, 0.29) is 19.1 Å². The SMILES string of the molecule is CN1C[N+]([O-])(C(=O)NCC2CCN(CC(O)COc3ccc(F)cc3)CC2)c2ccccc21. The van der Waals surface area contributed by atoms with E-state index in [0.29, 0.717) is 30.4 Å². The van der Waals surface area contributed by atoms with Crippen molar-refractivity contribution in [3.8, 4) is 5.75 Å². The zero-order chi connectivity index (χ0) is 23.4. The average molecular weight is 459 g/mol. The number of carbonyl (C=O) groups excluding carboxylic acids is 1. The van der Waals surface area contributed by atoms with Crippen molar-refractivity contribution in [2.75, 3.05) is 51.4 Å². The smallest absolute Gasteiger partial charge is 0.423 e. The first-order valence-electron chi connectivity index (χ1n) is 11.3. The molecule has 0 aromatic heterocycles. The molecule has 1 saturated heterocycles. The van der Waals surface area contributed by atoms with Gasteiger partial charge >= 0.3 is 6.03 Å². The summed E-state index contributed by atoms with van der Waals surface area (Å²) in [6, 6.07) is 12.4. The zero-order valence-electron chi connectivity index (χ0n) is 18.8. The first kappa shape index (κ1) is 23.4. The van der Waals surface area contributed by atoms with Crippen LogP contribution in [0.4, 0.5) is 20.6 Å². The molecule has 2 aliphatic heterocycles. The van der Waals surface area contributed by atoms with E-state index in [1.54, 1.807) is 12.1 Å². The Labute approximate surface area is 193 Å². The van der Waals surface area contributed by atoms with Gasteiger partial charge in [-0.3, -0.25) is 0 Å². The van der Waals surface area contributed by atoms with Crippen LogP contribution in [0, 0.1) is 16.9 Å². The summed E-state index contributed by atoms with van der Waals surface area (Å²) in [6.45, 7) is 2.78. The van der Waals surface area contributed by atoms with Gasteiger partial charge in [0.05, 0.1) is 0 Å². The molecule has 178 valence electrons. The quantitative estimate of drug-likeness (QED) is 0.490. The summed E-state index contributed by atoms with van der Waals surface area (Å²) in [6.07, 6.45) is 1.10. The molecule has 0 aliphatic carbocycles. The Balaban J connectivity index is 1.18. The molecular formula is C24H31FN4O4. The molecule has 2 atom stereocenters. The fourth-order valence-electron chi connectivity index (χ4n) is 4.52. The highest BCUT2D eigenvalue weighted by Gasteiger charge is 2.40. The van der Waals surface area contributed by atoms with Crippen molar-refractivity contribution in [1.82, 2.24) is 14.9 Å². The van der Waals surface area contributed by atoms with Crippen LogP contribution < -0.4 is 19.6 Å². The molecule has 9 heteroatoms. The van der Waals surface area contributed by atoms with Gasteiger partial charge in [-0.15, -0.1) is 0 Å². The van der Waals surface area contributed by atoms with Gasteiger partial charge in [-0.1, -0.05) is 12.1 Å². The molecule has 33 heavy (non-hydrogen) atoms. The molecule has 4 rings (SSSR count). The number of piperidine rings is 1. The monoisotopic (exact) mass is 458 g/mol. The number of hydroxylamine groups is 2. The Hall–Kier alpha value is -2.72. The number of ether oxygens (including phenoxy) is 1. The summed E-state index contributed by atoms with van der Waals surface area (Å²) >= 11 is 0. The number of fused-ring (bicyclic) bond motifs is 1. The van der Waals surface area contributed by atoms with Gasteiger partial charge in [-0.05, 0) is 62.2 Å². The van der Waals surface area contributed by atoms with Gasteiger partial charge in [0.25, 0.3) is 0 Å². The Morgan fingerprint density at radius 3 is 2.67 bits per heavy atom. The van der Waals surface area contributed by atoms with E-state index < -0.39 is 16.8 Å². The predicted octanol–water partition coefficient (Wildman–Crippen LogP) is 2.90. The Morgan fingerprint density at radius 2 is 1.94 bits per heavy atom. The van der Waals surface area contributed by atoms with Gasteiger partial charge in [0.2, 0.25) is 0 Å². The van der Waals surface area contributed by atoms with E-state index in [1.165, 1.54) is 24.3 Å². The van der Waals surface area contributed by atoms with Gasteiger partial charge in [0.15, 0.2) is 12.4 Å². The number of carbonyl (C=O) groups is 1. The molecular weight excluding hydrogens is 427 g/mol. The number of aliphatic hydroxyl groups excluding tert-OH is 1. The number of aliphatic hydroxyl groups is 1. The van der Waals surface area contributed by atoms with Gasteiger partial charge in [0.1, 0.15) is 30.0 Å². The molecule has 2 amide bonds. The summed E-state index contributed by atoms with van der Waals surface area (Å²) in [5, 5.41) is 26.4. The highest BCUT2D eigenvalue weighted by atomic mass is 19.1. The lowest BCUT2D eigenvalue weighted by Gasteiger charge is -2.36. The number of urea groups is 1. The Morgan fingerprint density at radius 1 is 1.24 bits per heavy atom. The van der Waals surface area contributed by atoms with E-state index in [9.17, 15) is 19.5 Å². The average Bonchev–Trinajstić information content (AvgIpc) is 3.09. The van der Waals surface area contributed by atoms with Crippen LogP contribution >= 0.6 is 0 Å². The first-order valence-corrected chi connectivity index (χ1v) is 11.3. The van der Waals surface area contributed by atoms with Gasteiger partial charge in [0, 0.05) is 26.2 Å². The second-order valence-electron chi connectivity index (χ2n) is 8.92. The number of anilines is 1. The number of amides is 2. The number of quaternary nitrogens is 1. The molecule has 2 aromatic carbocycles. The lowest BCUT2D eigenvalue weighted by Crippen LogP contribution is -2.56. The maximum Gasteiger partial charge on any atom is 0.423 e. The normalized spacial score (nSPS) is 22.1. The number of hydrogen-bond acceptors (Lipinski definition) is 6. The van der Waals surface area contributed by atoms with Gasteiger partial charge < -0.3 is 30.2 Å². The molecule has 0 bridgehead atoms. The first-order chi connectivity index (χ1) is 15.8. The second kappa shape index (κ2) is 10.0. The van der Waals surface area contributed by atoms with E-state index in [0.717, 1.165) is 31.6 Å². The van der Waals surface area contributed by atoms with Crippen LogP contribution in [0.1, 0.15) is 12.8 Å². The van der Waals surface area contributed by atoms with Crippen molar-refractivity contribution in [2.24, 2.45) is 5.92 Å². The van der Waals surface area contributed by atoms with Crippen molar-refractivity contribution in [3.05, 3.63) is 59.6 Å². The molecule has 2 N–H and O–H groups in total. The van der Waals surface area contributed by atoms with Crippen LogP contribution in [0.15, 0.2) is 48.5 Å². The summed E-state index contributed by atoms with van der Waals surface area (Å²) in [7, 11) is 1.82. The maximum atomic E-state index is 13.3. The van der Waals surface area contributed by atoms with Crippen LogP contribution in [0.3, 0.4) is 0 Å². The van der Waals surface area contributed by atoms with Crippen LogP contribution in [0.2, 0.25) is 0 Å². The van der Waals surface area contributed by atoms with E-state index in [2.05, 4.69) is 10.2 Å². The molecule has 8 nitrogen and oxygen atoms in total. The fourth-order valence-corrected chi connectivity index (χ4v) is 4.52. The van der Waals surface area contributed by atoms with Crippen molar-refractivity contribution < 1.29 is 19.0 Å².